The average molecular weight is 331 g/mol. The highest BCUT2D eigenvalue weighted by molar-refractivity contribution is 9.10. The van der Waals surface area contributed by atoms with E-state index in [1.54, 1.807) is 0 Å². The van der Waals surface area contributed by atoms with Crippen LogP contribution in [0.1, 0.15) is 11.4 Å². The highest BCUT2D eigenvalue weighted by atomic mass is 79.9. The molecule has 5 nitrogen and oxygen atoms in total. The van der Waals surface area contributed by atoms with Crippen LogP contribution in [-0.4, -0.2) is 60.6 Å². The molecule has 2 atom stereocenters. The molecule has 19 heavy (non-hydrogen) atoms. The highest BCUT2D eigenvalue weighted by Gasteiger charge is 2.27. The standard InChI is InChI=1S/C13H23BrN4O/c1-9-13(14)11(18(4)16-9)7-10(15-2)12-8-17(3)5-6-19-12/h10,12,15H,5-8H2,1-4H3. The van der Waals surface area contributed by atoms with Crippen LogP contribution >= 0.6 is 15.9 Å². The van der Waals surface area contributed by atoms with Gasteiger partial charge in [0, 0.05) is 32.6 Å². The maximum Gasteiger partial charge on any atom is 0.0858 e. The Kier molecular flexibility index (Phi) is 5.00. The first-order valence-corrected chi connectivity index (χ1v) is 7.47. The molecule has 1 N–H and O–H groups in total. The molecule has 2 rings (SSSR count). The number of likely N-dealkylation sites (N-methyl/N-ethyl adjacent to an activating group) is 2. The SMILES string of the molecule is CNC(Cc1c(Br)c(C)nn1C)C1CN(C)CCO1. The number of hydrogen-bond acceptors (Lipinski definition) is 4. The molecule has 0 aromatic carbocycles. The Balaban J connectivity index is 2.10. The van der Waals surface area contributed by atoms with Crippen molar-refractivity contribution in [1.29, 1.82) is 0 Å². The maximum atomic E-state index is 5.91. The van der Waals surface area contributed by atoms with Crippen molar-refractivity contribution in [2.75, 3.05) is 33.8 Å². The topological polar surface area (TPSA) is 42.3 Å². The van der Waals surface area contributed by atoms with Crippen LogP contribution in [0.5, 0.6) is 0 Å². The molecule has 108 valence electrons. The summed E-state index contributed by atoms with van der Waals surface area (Å²) in [6.07, 6.45) is 1.14. The van der Waals surface area contributed by atoms with Crippen molar-refractivity contribution in [3.8, 4) is 0 Å². The normalized spacial score (nSPS) is 22.7. The van der Waals surface area contributed by atoms with Gasteiger partial charge in [-0.05, 0) is 36.9 Å². The molecule has 1 aliphatic heterocycles. The van der Waals surface area contributed by atoms with Crippen molar-refractivity contribution >= 4 is 15.9 Å². The first-order valence-electron chi connectivity index (χ1n) is 6.68. The Morgan fingerprint density at radius 2 is 2.26 bits per heavy atom. The van der Waals surface area contributed by atoms with E-state index in [2.05, 4.69) is 38.3 Å². The second kappa shape index (κ2) is 6.35. The Morgan fingerprint density at radius 3 is 2.79 bits per heavy atom. The lowest BCUT2D eigenvalue weighted by Gasteiger charge is -2.35. The fraction of sp³-hybridized carbons (Fsp3) is 0.769. The van der Waals surface area contributed by atoms with Gasteiger partial charge in [-0.25, -0.2) is 0 Å². The molecule has 0 amide bonds. The maximum absolute atomic E-state index is 5.91. The van der Waals surface area contributed by atoms with Gasteiger partial charge in [-0.1, -0.05) is 0 Å². The zero-order valence-corrected chi connectivity index (χ0v) is 13.7. The molecular weight excluding hydrogens is 308 g/mol. The first-order chi connectivity index (χ1) is 9.02. The van der Waals surface area contributed by atoms with Crippen LogP contribution in [0.25, 0.3) is 0 Å². The van der Waals surface area contributed by atoms with Gasteiger partial charge < -0.3 is 15.0 Å². The van der Waals surface area contributed by atoms with Gasteiger partial charge in [0.1, 0.15) is 0 Å². The number of halogens is 1. The molecule has 0 spiro atoms. The van der Waals surface area contributed by atoms with Crippen LogP contribution in [0.2, 0.25) is 0 Å². The van der Waals surface area contributed by atoms with Crippen LogP contribution in [-0.2, 0) is 18.2 Å². The molecule has 1 aromatic heterocycles. The van der Waals surface area contributed by atoms with E-state index in [1.807, 2.05) is 25.7 Å². The third-order valence-corrected chi connectivity index (χ3v) is 4.82. The number of aryl methyl sites for hydroxylation is 2. The molecule has 1 aromatic rings. The Morgan fingerprint density at radius 1 is 1.53 bits per heavy atom. The van der Waals surface area contributed by atoms with Gasteiger partial charge in [0.25, 0.3) is 0 Å². The summed E-state index contributed by atoms with van der Waals surface area (Å²) in [5, 5.41) is 7.84. The summed E-state index contributed by atoms with van der Waals surface area (Å²) in [7, 11) is 6.14. The minimum absolute atomic E-state index is 0.228. The molecule has 0 saturated carbocycles. The van der Waals surface area contributed by atoms with Crippen molar-refractivity contribution in [3.63, 3.8) is 0 Å². The molecule has 2 unspecified atom stereocenters. The molecule has 2 heterocycles. The lowest BCUT2D eigenvalue weighted by molar-refractivity contribution is -0.0374. The van der Waals surface area contributed by atoms with E-state index >= 15 is 0 Å². The fourth-order valence-electron chi connectivity index (χ4n) is 2.58. The van der Waals surface area contributed by atoms with Crippen molar-refractivity contribution in [2.24, 2.45) is 7.05 Å². The summed E-state index contributed by atoms with van der Waals surface area (Å²) in [6, 6.07) is 0.300. The van der Waals surface area contributed by atoms with Gasteiger partial charge in [-0.15, -0.1) is 0 Å². The molecular formula is C13H23BrN4O. The second-order valence-corrected chi connectivity index (χ2v) is 6.03. The van der Waals surface area contributed by atoms with Crippen LogP contribution in [0.15, 0.2) is 4.47 Å². The van der Waals surface area contributed by atoms with Crippen molar-refractivity contribution in [3.05, 3.63) is 15.9 Å². The summed E-state index contributed by atoms with van der Waals surface area (Å²) in [4.78, 5) is 2.32. The fourth-order valence-corrected chi connectivity index (χ4v) is 3.08. The number of ether oxygens (including phenoxy) is 1. The number of nitrogens with one attached hydrogen (secondary N) is 1. The minimum atomic E-state index is 0.228. The first kappa shape index (κ1) is 15.0. The quantitative estimate of drug-likeness (QED) is 0.892. The Hall–Kier alpha value is -0.430. The van der Waals surface area contributed by atoms with Crippen molar-refractivity contribution < 1.29 is 4.74 Å². The van der Waals surface area contributed by atoms with Crippen LogP contribution < -0.4 is 5.32 Å². The van der Waals surface area contributed by atoms with Gasteiger partial charge in [0.05, 0.1) is 28.6 Å². The zero-order chi connectivity index (χ0) is 14.0. The predicted octanol–water partition coefficient (Wildman–Crippen LogP) is 0.952. The lowest BCUT2D eigenvalue weighted by atomic mass is 10.0. The number of aromatic nitrogens is 2. The van der Waals surface area contributed by atoms with E-state index in [-0.39, 0.29) is 6.10 Å². The summed E-state index contributed by atoms with van der Waals surface area (Å²) in [5.41, 5.74) is 2.25. The monoisotopic (exact) mass is 330 g/mol. The smallest absolute Gasteiger partial charge is 0.0858 e. The Labute approximate surface area is 123 Å². The van der Waals surface area contributed by atoms with Gasteiger partial charge in [0.15, 0.2) is 0 Å². The molecule has 1 saturated heterocycles. The zero-order valence-electron chi connectivity index (χ0n) is 12.1. The minimum Gasteiger partial charge on any atom is -0.374 e. The number of morpholine rings is 1. The van der Waals surface area contributed by atoms with Crippen LogP contribution in [0, 0.1) is 6.92 Å². The number of rotatable bonds is 4. The average Bonchev–Trinajstić information content (AvgIpc) is 2.61. The van der Waals surface area contributed by atoms with Crippen molar-refractivity contribution in [1.82, 2.24) is 20.0 Å². The summed E-state index contributed by atoms with van der Waals surface area (Å²) >= 11 is 3.63. The summed E-state index contributed by atoms with van der Waals surface area (Å²) in [6.45, 7) is 4.82. The predicted molar refractivity (Wildman–Crippen MR) is 79.4 cm³/mol. The molecule has 0 aliphatic carbocycles. The molecule has 6 heteroatoms. The van der Waals surface area contributed by atoms with E-state index in [9.17, 15) is 0 Å². The highest BCUT2D eigenvalue weighted by Crippen LogP contribution is 2.23. The lowest BCUT2D eigenvalue weighted by Crippen LogP contribution is -2.51. The summed E-state index contributed by atoms with van der Waals surface area (Å²) in [5.74, 6) is 0. The molecule has 1 fully saturated rings. The van der Waals surface area contributed by atoms with Crippen LogP contribution in [0.4, 0.5) is 0 Å². The van der Waals surface area contributed by atoms with Gasteiger partial charge in [-0.3, -0.25) is 4.68 Å². The third-order valence-electron chi connectivity index (χ3n) is 3.79. The van der Waals surface area contributed by atoms with E-state index in [0.29, 0.717) is 6.04 Å². The summed E-state index contributed by atoms with van der Waals surface area (Å²) < 4.78 is 8.98. The van der Waals surface area contributed by atoms with E-state index in [0.717, 1.165) is 36.3 Å². The molecule has 0 radical (unpaired) electrons. The number of hydrogen-bond donors (Lipinski definition) is 1. The third kappa shape index (κ3) is 3.37. The number of nitrogens with zero attached hydrogens (tertiary/aromatic N) is 3. The largest absolute Gasteiger partial charge is 0.374 e. The van der Waals surface area contributed by atoms with Gasteiger partial charge >= 0.3 is 0 Å². The van der Waals surface area contributed by atoms with Gasteiger partial charge in [0.2, 0.25) is 0 Å². The Bertz CT molecular complexity index is 435. The molecule has 1 aliphatic rings. The van der Waals surface area contributed by atoms with E-state index in [4.69, 9.17) is 4.74 Å². The molecule has 0 bridgehead atoms. The van der Waals surface area contributed by atoms with Gasteiger partial charge in [-0.2, -0.15) is 5.10 Å². The van der Waals surface area contributed by atoms with E-state index in [1.165, 1.54) is 5.69 Å². The second-order valence-electron chi connectivity index (χ2n) is 5.24. The van der Waals surface area contributed by atoms with Crippen molar-refractivity contribution in [2.45, 2.75) is 25.5 Å². The van der Waals surface area contributed by atoms with Crippen LogP contribution in [0.3, 0.4) is 0 Å². The van der Waals surface area contributed by atoms with E-state index < -0.39 is 0 Å².